The third-order valence-corrected chi connectivity index (χ3v) is 3.24. The number of aliphatic hydroxyl groups excluding tert-OH is 1. The molecule has 0 saturated carbocycles. The predicted molar refractivity (Wildman–Crippen MR) is 62.1 cm³/mol. The van der Waals surface area contributed by atoms with E-state index in [0.717, 1.165) is 19.4 Å². The number of aliphatic hydroxyl groups is 1. The highest BCUT2D eigenvalue weighted by molar-refractivity contribution is 6.30. The van der Waals surface area contributed by atoms with Crippen molar-refractivity contribution < 1.29 is 9.50 Å². The van der Waals surface area contributed by atoms with Gasteiger partial charge in [0.25, 0.3) is 0 Å². The normalized spacial score (nSPS) is 22.3. The van der Waals surface area contributed by atoms with Crippen LogP contribution in [0.15, 0.2) is 18.2 Å². The van der Waals surface area contributed by atoms with Gasteiger partial charge in [0.05, 0.1) is 6.10 Å². The van der Waals surface area contributed by atoms with Gasteiger partial charge in [0, 0.05) is 17.5 Å². The molecule has 88 valence electrons. The van der Waals surface area contributed by atoms with Crippen molar-refractivity contribution in [3.63, 3.8) is 0 Å². The van der Waals surface area contributed by atoms with Gasteiger partial charge >= 0.3 is 0 Å². The molecular weight excluding hydrogens is 229 g/mol. The van der Waals surface area contributed by atoms with Gasteiger partial charge in [-0.25, -0.2) is 4.39 Å². The second kappa shape index (κ2) is 5.13. The van der Waals surface area contributed by atoms with Gasteiger partial charge in [-0.1, -0.05) is 17.7 Å². The molecule has 0 amide bonds. The minimum atomic E-state index is -0.529. The summed E-state index contributed by atoms with van der Waals surface area (Å²) < 4.78 is 13.5. The zero-order valence-electron chi connectivity index (χ0n) is 8.92. The number of halogens is 2. The molecule has 1 aromatic carbocycles. The number of nitrogens with one attached hydrogen (secondary N) is 1. The Kier molecular flexibility index (Phi) is 3.79. The lowest BCUT2D eigenvalue weighted by Gasteiger charge is -2.18. The monoisotopic (exact) mass is 243 g/mol. The first-order valence-electron chi connectivity index (χ1n) is 5.52. The lowest BCUT2D eigenvalue weighted by Crippen LogP contribution is -2.36. The SMILES string of the molecule is OC(Cc1ccc(Cl)cc1F)C1CCCN1. The van der Waals surface area contributed by atoms with Crippen molar-refractivity contribution in [3.8, 4) is 0 Å². The van der Waals surface area contributed by atoms with Crippen LogP contribution in [0.2, 0.25) is 5.02 Å². The number of benzene rings is 1. The number of rotatable bonds is 3. The van der Waals surface area contributed by atoms with Crippen LogP contribution in [0.1, 0.15) is 18.4 Å². The van der Waals surface area contributed by atoms with E-state index in [1.165, 1.54) is 6.07 Å². The standard InChI is InChI=1S/C12H15ClFNO/c13-9-4-3-8(10(14)7-9)6-12(16)11-2-1-5-15-11/h3-4,7,11-12,15-16H,1-2,5-6H2. The molecule has 0 radical (unpaired) electrons. The maximum atomic E-state index is 13.5. The Balaban J connectivity index is 2.02. The van der Waals surface area contributed by atoms with Gasteiger partial charge in [-0.15, -0.1) is 0 Å². The van der Waals surface area contributed by atoms with E-state index in [4.69, 9.17) is 11.6 Å². The fourth-order valence-electron chi connectivity index (χ4n) is 2.09. The van der Waals surface area contributed by atoms with E-state index in [9.17, 15) is 9.50 Å². The van der Waals surface area contributed by atoms with Crippen molar-refractivity contribution in [1.29, 1.82) is 0 Å². The molecule has 1 aromatic rings. The topological polar surface area (TPSA) is 32.3 Å². The highest BCUT2D eigenvalue weighted by Gasteiger charge is 2.23. The Hall–Kier alpha value is -0.640. The van der Waals surface area contributed by atoms with E-state index in [0.29, 0.717) is 17.0 Å². The molecule has 16 heavy (non-hydrogen) atoms. The van der Waals surface area contributed by atoms with Crippen molar-refractivity contribution in [3.05, 3.63) is 34.6 Å². The summed E-state index contributed by atoms with van der Waals surface area (Å²) in [6.45, 7) is 0.935. The number of hydrogen-bond acceptors (Lipinski definition) is 2. The van der Waals surface area contributed by atoms with Gasteiger partial charge in [0.2, 0.25) is 0 Å². The first-order valence-corrected chi connectivity index (χ1v) is 5.90. The number of hydrogen-bond donors (Lipinski definition) is 2. The molecule has 2 N–H and O–H groups in total. The summed E-state index contributed by atoms with van der Waals surface area (Å²) >= 11 is 5.67. The van der Waals surface area contributed by atoms with E-state index in [1.807, 2.05) is 0 Å². The molecule has 0 spiro atoms. The molecule has 1 fully saturated rings. The molecule has 1 heterocycles. The summed E-state index contributed by atoms with van der Waals surface area (Å²) in [5.41, 5.74) is 0.519. The molecule has 1 saturated heterocycles. The van der Waals surface area contributed by atoms with Crippen LogP contribution < -0.4 is 5.32 Å². The van der Waals surface area contributed by atoms with Gasteiger partial charge in [0.15, 0.2) is 0 Å². The van der Waals surface area contributed by atoms with Gasteiger partial charge in [-0.05, 0) is 37.1 Å². The average molecular weight is 244 g/mol. The van der Waals surface area contributed by atoms with Crippen molar-refractivity contribution >= 4 is 11.6 Å². The first-order chi connectivity index (χ1) is 7.66. The Morgan fingerprint density at radius 1 is 1.56 bits per heavy atom. The molecule has 1 aliphatic heterocycles. The lowest BCUT2D eigenvalue weighted by atomic mass is 10.0. The van der Waals surface area contributed by atoms with Crippen LogP contribution in [0, 0.1) is 5.82 Å². The van der Waals surface area contributed by atoms with Crippen LogP contribution >= 0.6 is 11.6 Å². The van der Waals surface area contributed by atoms with Crippen molar-refractivity contribution in [2.24, 2.45) is 0 Å². The van der Waals surface area contributed by atoms with Crippen molar-refractivity contribution in [2.75, 3.05) is 6.54 Å². The predicted octanol–water partition coefficient (Wildman–Crippen LogP) is 2.13. The Labute approximate surface area is 99.4 Å². The van der Waals surface area contributed by atoms with E-state index in [1.54, 1.807) is 12.1 Å². The van der Waals surface area contributed by atoms with E-state index >= 15 is 0 Å². The lowest BCUT2D eigenvalue weighted by molar-refractivity contribution is 0.135. The molecule has 4 heteroatoms. The molecule has 2 rings (SSSR count). The van der Waals surface area contributed by atoms with Gasteiger partial charge in [-0.2, -0.15) is 0 Å². The van der Waals surface area contributed by atoms with Crippen LogP contribution in [-0.4, -0.2) is 23.8 Å². The molecule has 0 aromatic heterocycles. The minimum absolute atomic E-state index is 0.0927. The second-order valence-electron chi connectivity index (χ2n) is 4.21. The molecule has 2 atom stereocenters. The summed E-state index contributed by atoms with van der Waals surface area (Å²) in [6, 6.07) is 4.66. The smallest absolute Gasteiger partial charge is 0.127 e. The zero-order chi connectivity index (χ0) is 11.5. The minimum Gasteiger partial charge on any atom is -0.391 e. The molecule has 1 aliphatic rings. The van der Waals surface area contributed by atoms with Crippen LogP contribution in [0.3, 0.4) is 0 Å². The van der Waals surface area contributed by atoms with E-state index in [2.05, 4.69) is 5.32 Å². The summed E-state index contributed by atoms with van der Waals surface area (Å²) in [5.74, 6) is -0.343. The highest BCUT2D eigenvalue weighted by atomic mass is 35.5. The largest absolute Gasteiger partial charge is 0.391 e. The highest BCUT2D eigenvalue weighted by Crippen LogP contribution is 2.18. The van der Waals surface area contributed by atoms with E-state index < -0.39 is 6.10 Å². The maximum absolute atomic E-state index is 13.5. The molecule has 2 unspecified atom stereocenters. The summed E-state index contributed by atoms with van der Waals surface area (Å²) in [4.78, 5) is 0. The maximum Gasteiger partial charge on any atom is 0.127 e. The Morgan fingerprint density at radius 3 is 3.00 bits per heavy atom. The zero-order valence-corrected chi connectivity index (χ0v) is 9.67. The summed E-state index contributed by atoms with van der Waals surface area (Å²) in [7, 11) is 0. The molecular formula is C12H15ClFNO. The fourth-order valence-corrected chi connectivity index (χ4v) is 2.25. The van der Waals surface area contributed by atoms with Gasteiger partial charge in [0.1, 0.15) is 5.82 Å². The van der Waals surface area contributed by atoms with E-state index in [-0.39, 0.29) is 11.9 Å². The first kappa shape index (κ1) is 11.8. The summed E-state index contributed by atoms with van der Waals surface area (Å²) in [6.07, 6.45) is 1.83. The molecule has 0 aliphatic carbocycles. The fraction of sp³-hybridized carbons (Fsp3) is 0.500. The average Bonchev–Trinajstić information content (AvgIpc) is 2.75. The van der Waals surface area contributed by atoms with Gasteiger partial charge < -0.3 is 10.4 Å². The van der Waals surface area contributed by atoms with Crippen molar-refractivity contribution in [1.82, 2.24) is 5.32 Å². The van der Waals surface area contributed by atoms with Crippen LogP contribution in [-0.2, 0) is 6.42 Å². The van der Waals surface area contributed by atoms with Gasteiger partial charge in [-0.3, -0.25) is 0 Å². The second-order valence-corrected chi connectivity index (χ2v) is 4.65. The Bertz CT molecular complexity index is 366. The van der Waals surface area contributed by atoms with Crippen LogP contribution in [0.25, 0.3) is 0 Å². The summed E-state index contributed by atoms with van der Waals surface area (Å²) in [5, 5.41) is 13.5. The van der Waals surface area contributed by atoms with Crippen LogP contribution in [0.5, 0.6) is 0 Å². The Morgan fingerprint density at radius 2 is 2.38 bits per heavy atom. The van der Waals surface area contributed by atoms with Crippen LogP contribution in [0.4, 0.5) is 4.39 Å². The third kappa shape index (κ3) is 2.73. The molecule has 0 bridgehead atoms. The third-order valence-electron chi connectivity index (χ3n) is 3.01. The quantitative estimate of drug-likeness (QED) is 0.853. The van der Waals surface area contributed by atoms with Crippen molar-refractivity contribution in [2.45, 2.75) is 31.4 Å². The molecule has 2 nitrogen and oxygen atoms in total.